The SMILES string of the molecule is CC(C)(C)OC(=O)N([C@@H](Cc1ccccc1)C(N)=O)[C@@H](C[C@@H]1CCNC1=O)C(=O)CCl. The van der Waals surface area contributed by atoms with Gasteiger partial charge in [0.05, 0.1) is 11.9 Å². The lowest BCUT2D eigenvalue weighted by Crippen LogP contribution is -2.58. The molecule has 1 aliphatic rings. The number of benzene rings is 1. The first-order valence-electron chi connectivity index (χ1n) is 10.2. The Hall–Kier alpha value is -2.61. The van der Waals surface area contributed by atoms with Gasteiger partial charge in [0.1, 0.15) is 11.6 Å². The minimum atomic E-state index is -1.15. The van der Waals surface area contributed by atoms with Crippen molar-refractivity contribution in [2.75, 3.05) is 12.4 Å². The molecule has 0 bridgehead atoms. The van der Waals surface area contributed by atoms with Crippen LogP contribution in [0.1, 0.15) is 39.2 Å². The van der Waals surface area contributed by atoms with Crippen molar-refractivity contribution < 1.29 is 23.9 Å². The number of rotatable bonds is 9. The van der Waals surface area contributed by atoms with E-state index in [2.05, 4.69) is 5.32 Å². The van der Waals surface area contributed by atoms with Crippen LogP contribution in [0.15, 0.2) is 30.3 Å². The van der Waals surface area contributed by atoms with Gasteiger partial charge in [-0.3, -0.25) is 19.3 Å². The van der Waals surface area contributed by atoms with E-state index in [0.717, 1.165) is 10.5 Å². The van der Waals surface area contributed by atoms with E-state index >= 15 is 0 Å². The number of carbonyl (C=O) groups excluding carboxylic acids is 4. The van der Waals surface area contributed by atoms with E-state index < -0.39 is 41.4 Å². The van der Waals surface area contributed by atoms with E-state index in [0.29, 0.717) is 13.0 Å². The lowest BCUT2D eigenvalue weighted by molar-refractivity contribution is -0.130. The highest BCUT2D eigenvalue weighted by atomic mass is 35.5. The number of hydrogen-bond acceptors (Lipinski definition) is 5. The molecule has 170 valence electrons. The summed E-state index contributed by atoms with van der Waals surface area (Å²) in [5, 5.41) is 2.72. The summed E-state index contributed by atoms with van der Waals surface area (Å²) in [5.41, 5.74) is 5.58. The van der Waals surface area contributed by atoms with Crippen LogP contribution in [0.25, 0.3) is 0 Å². The van der Waals surface area contributed by atoms with Gasteiger partial charge in [0.15, 0.2) is 5.78 Å². The molecule has 3 atom stereocenters. The Labute approximate surface area is 187 Å². The Morgan fingerprint density at radius 3 is 2.35 bits per heavy atom. The van der Waals surface area contributed by atoms with Crippen molar-refractivity contribution >= 4 is 35.3 Å². The molecule has 0 unspecified atom stereocenters. The molecule has 1 aromatic carbocycles. The van der Waals surface area contributed by atoms with E-state index in [1.807, 2.05) is 6.07 Å². The van der Waals surface area contributed by atoms with Gasteiger partial charge in [-0.2, -0.15) is 0 Å². The van der Waals surface area contributed by atoms with Gasteiger partial charge in [0, 0.05) is 18.9 Å². The molecule has 0 aromatic heterocycles. The highest BCUT2D eigenvalue weighted by Crippen LogP contribution is 2.25. The number of alkyl halides is 1. The highest BCUT2D eigenvalue weighted by Gasteiger charge is 2.42. The second kappa shape index (κ2) is 10.6. The van der Waals surface area contributed by atoms with Crippen molar-refractivity contribution in [3.05, 3.63) is 35.9 Å². The Morgan fingerprint density at radius 2 is 1.87 bits per heavy atom. The predicted octanol–water partition coefficient (Wildman–Crippen LogP) is 2.02. The topological polar surface area (TPSA) is 119 Å². The van der Waals surface area contributed by atoms with Crippen LogP contribution in [0.3, 0.4) is 0 Å². The second-order valence-electron chi connectivity index (χ2n) is 8.62. The molecule has 0 spiro atoms. The number of primary amides is 1. The van der Waals surface area contributed by atoms with Crippen molar-refractivity contribution in [1.82, 2.24) is 10.2 Å². The van der Waals surface area contributed by atoms with Crippen LogP contribution in [-0.2, 0) is 25.5 Å². The molecule has 2 rings (SSSR count). The number of halogens is 1. The van der Waals surface area contributed by atoms with Gasteiger partial charge < -0.3 is 15.8 Å². The third-order valence-electron chi connectivity index (χ3n) is 5.05. The molecule has 3 N–H and O–H groups in total. The monoisotopic (exact) mass is 451 g/mol. The molecule has 1 aromatic rings. The fourth-order valence-corrected chi connectivity index (χ4v) is 3.77. The molecule has 1 fully saturated rings. The molecule has 8 nitrogen and oxygen atoms in total. The van der Waals surface area contributed by atoms with Crippen LogP contribution >= 0.6 is 11.6 Å². The van der Waals surface area contributed by atoms with Crippen LogP contribution in [0.4, 0.5) is 4.79 Å². The maximum atomic E-state index is 13.2. The van der Waals surface area contributed by atoms with Crippen molar-refractivity contribution in [3.8, 4) is 0 Å². The minimum absolute atomic E-state index is 0.0369. The van der Waals surface area contributed by atoms with E-state index in [9.17, 15) is 19.2 Å². The molecule has 1 heterocycles. The van der Waals surface area contributed by atoms with Gasteiger partial charge in [0.25, 0.3) is 0 Å². The van der Waals surface area contributed by atoms with Crippen LogP contribution in [-0.4, -0.2) is 58.7 Å². The summed E-state index contributed by atoms with van der Waals surface area (Å²) >= 11 is 5.85. The summed E-state index contributed by atoms with van der Waals surface area (Å²) < 4.78 is 5.52. The zero-order valence-electron chi connectivity index (χ0n) is 18.1. The predicted molar refractivity (Wildman–Crippen MR) is 116 cm³/mol. The fraction of sp³-hybridized carbons (Fsp3) is 0.545. The Kier molecular flexibility index (Phi) is 8.44. The third-order valence-corrected chi connectivity index (χ3v) is 5.31. The van der Waals surface area contributed by atoms with Crippen molar-refractivity contribution in [3.63, 3.8) is 0 Å². The van der Waals surface area contributed by atoms with Crippen LogP contribution in [0.2, 0.25) is 0 Å². The summed E-state index contributed by atoms with van der Waals surface area (Å²) in [6, 6.07) is 6.75. The van der Waals surface area contributed by atoms with Crippen molar-refractivity contribution in [2.24, 2.45) is 11.7 Å². The number of nitrogens with zero attached hydrogens (tertiary/aromatic N) is 1. The maximum Gasteiger partial charge on any atom is 0.411 e. The largest absolute Gasteiger partial charge is 0.444 e. The lowest BCUT2D eigenvalue weighted by atomic mass is 9.93. The summed E-state index contributed by atoms with van der Waals surface area (Å²) in [6.07, 6.45) is -0.199. The number of nitrogens with two attached hydrogens (primary N) is 1. The van der Waals surface area contributed by atoms with E-state index in [4.69, 9.17) is 22.1 Å². The van der Waals surface area contributed by atoms with Crippen LogP contribution in [0.5, 0.6) is 0 Å². The number of ketones is 1. The maximum absolute atomic E-state index is 13.2. The number of carbonyl (C=O) groups is 4. The molecule has 0 saturated carbocycles. The molecular weight excluding hydrogens is 422 g/mol. The first kappa shape index (κ1) is 24.7. The van der Waals surface area contributed by atoms with Crippen LogP contribution < -0.4 is 11.1 Å². The molecule has 0 radical (unpaired) electrons. The number of ether oxygens (including phenoxy) is 1. The van der Waals surface area contributed by atoms with Gasteiger partial charge in [0.2, 0.25) is 11.8 Å². The van der Waals surface area contributed by atoms with Gasteiger partial charge in [-0.05, 0) is 39.2 Å². The van der Waals surface area contributed by atoms with Crippen LogP contribution in [0, 0.1) is 5.92 Å². The fourth-order valence-electron chi connectivity index (χ4n) is 3.59. The lowest BCUT2D eigenvalue weighted by Gasteiger charge is -2.37. The third kappa shape index (κ3) is 6.95. The zero-order chi connectivity index (χ0) is 23.2. The first-order valence-corrected chi connectivity index (χ1v) is 10.8. The van der Waals surface area contributed by atoms with E-state index in [1.165, 1.54) is 0 Å². The number of amides is 3. The average Bonchev–Trinajstić information content (AvgIpc) is 3.09. The smallest absolute Gasteiger partial charge is 0.411 e. The molecular formula is C22H30ClN3O5. The van der Waals surface area contributed by atoms with Gasteiger partial charge in [-0.1, -0.05) is 30.3 Å². The molecule has 9 heteroatoms. The number of Topliss-reactive ketones (excluding diaryl/α,β-unsaturated/α-hetero) is 1. The van der Waals surface area contributed by atoms with E-state index in [1.54, 1.807) is 45.0 Å². The first-order chi connectivity index (χ1) is 14.5. The second-order valence-corrected chi connectivity index (χ2v) is 8.89. The van der Waals surface area contributed by atoms with Gasteiger partial charge in [-0.15, -0.1) is 11.6 Å². The number of hydrogen-bond donors (Lipinski definition) is 2. The standard InChI is InChI=1S/C22H30ClN3O5/c1-22(2,3)31-21(30)26(17(19(24)28)11-14-7-5-4-6-8-14)16(18(27)13-23)12-15-9-10-25-20(15)29/h4-8,15-17H,9-13H2,1-3H3,(H2,24,28)(H,25,29)/t15-,16-,17-/m0/s1. The quantitative estimate of drug-likeness (QED) is 0.557. The Morgan fingerprint density at radius 1 is 1.23 bits per heavy atom. The molecule has 1 saturated heterocycles. The zero-order valence-corrected chi connectivity index (χ0v) is 18.9. The summed E-state index contributed by atoms with van der Waals surface area (Å²) in [4.78, 5) is 51.8. The summed E-state index contributed by atoms with van der Waals surface area (Å²) in [6.45, 7) is 5.54. The average molecular weight is 452 g/mol. The Bertz CT molecular complexity index is 809. The summed E-state index contributed by atoms with van der Waals surface area (Å²) in [5.74, 6) is -2.32. The summed E-state index contributed by atoms with van der Waals surface area (Å²) in [7, 11) is 0. The molecule has 31 heavy (non-hydrogen) atoms. The molecule has 1 aliphatic heterocycles. The van der Waals surface area contributed by atoms with Crippen molar-refractivity contribution in [2.45, 2.75) is 57.7 Å². The molecule has 0 aliphatic carbocycles. The van der Waals surface area contributed by atoms with Gasteiger partial charge >= 0.3 is 6.09 Å². The number of nitrogens with one attached hydrogen (secondary N) is 1. The molecule has 3 amide bonds. The van der Waals surface area contributed by atoms with E-state index in [-0.39, 0.29) is 24.6 Å². The van der Waals surface area contributed by atoms with Gasteiger partial charge in [-0.25, -0.2) is 4.79 Å². The minimum Gasteiger partial charge on any atom is -0.444 e. The highest BCUT2D eigenvalue weighted by molar-refractivity contribution is 6.28. The Balaban J connectivity index is 2.47. The van der Waals surface area contributed by atoms with Crippen molar-refractivity contribution in [1.29, 1.82) is 0 Å². The normalized spacial score (nSPS) is 18.1.